The van der Waals surface area contributed by atoms with E-state index in [1.54, 1.807) is 0 Å². The lowest BCUT2D eigenvalue weighted by molar-refractivity contribution is 0.543. The van der Waals surface area contributed by atoms with Gasteiger partial charge in [-0.05, 0) is 29.1 Å². The minimum atomic E-state index is -1.99. The molecule has 0 aliphatic carbocycles. The molecule has 0 aromatic heterocycles. The minimum Gasteiger partial charge on any atom is -0.544 e. The van der Waals surface area contributed by atoms with Crippen LogP contribution >= 0.6 is 15.3 Å². The average Bonchev–Trinajstić information content (AvgIpc) is 2.22. The average molecular weight is 448 g/mol. The summed E-state index contributed by atoms with van der Waals surface area (Å²) in [5.74, 6) is 1.05. The Morgan fingerprint density at radius 3 is 1.43 bits per heavy atom. The molecule has 6 heteroatoms. The van der Waals surface area contributed by atoms with Crippen molar-refractivity contribution in [3.8, 4) is 5.75 Å². The molecule has 0 bridgehead atoms. The third-order valence-electron chi connectivity index (χ3n) is 5.16. The molecule has 0 aliphatic rings. The highest BCUT2D eigenvalue weighted by molar-refractivity contribution is 9.26. The lowest BCUT2D eigenvalue weighted by Gasteiger charge is -2.63. The summed E-state index contributed by atoms with van der Waals surface area (Å²) in [6.07, 6.45) is 0. The van der Waals surface area contributed by atoms with Gasteiger partial charge in [0.2, 0.25) is 8.32 Å². The zero-order chi connectivity index (χ0) is 18.3. The van der Waals surface area contributed by atoms with E-state index in [-0.39, 0.29) is 0 Å². The van der Waals surface area contributed by atoms with Crippen molar-refractivity contribution in [3.05, 3.63) is 30.3 Å². The van der Waals surface area contributed by atoms with Crippen molar-refractivity contribution in [1.82, 2.24) is 0 Å². The molecule has 0 fully saturated rings. The van der Waals surface area contributed by atoms with Gasteiger partial charge in [-0.3, -0.25) is 0 Å². The van der Waals surface area contributed by atoms with Crippen LogP contribution in [-0.4, -0.2) is 31.2 Å². The first kappa shape index (κ1) is 21.4. The summed E-state index contributed by atoms with van der Waals surface area (Å²) in [4.78, 5) is 0. The molecule has 0 unspecified atom stereocenters. The van der Waals surface area contributed by atoms with Gasteiger partial charge in [0, 0.05) is 16.1 Å². The van der Waals surface area contributed by atoms with Crippen molar-refractivity contribution < 1.29 is 4.43 Å². The maximum absolute atomic E-state index is 6.86. The zero-order valence-corrected chi connectivity index (χ0v) is 22.3. The number of hydrogen-bond acceptors (Lipinski definition) is 1. The predicted octanol–water partition coefficient (Wildman–Crippen LogP) is 6.90. The van der Waals surface area contributed by atoms with Crippen LogP contribution in [0.5, 0.6) is 5.75 Å². The molecule has 1 aromatic carbocycles. The number of rotatable bonds is 6. The van der Waals surface area contributed by atoms with Crippen LogP contribution in [0.1, 0.15) is 0 Å². The van der Waals surface area contributed by atoms with Gasteiger partial charge in [-0.1, -0.05) is 70.6 Å². The Hall–Kier alpha value is 0.368. The maximum Gasteiger partial charge on any atom is 0.244 e. The summed E-state index contributed by atoms with van der Waals surface area (Å²) in [6, 6.07) is 10.5. The van der Waals surface area contributed by atoms with E-state index in [4.69, 9.17) is 4.43 Å². The van der Waals surface area contributed by atoms with E-state index < -0.39 is 31.2 Å². The largest absolute Gasteiger partial charge is 0.544 e. The highest BCUT2D eigenvalue weighted by Gasteiger charge is 2.70. The highest BCUT2D eigenvalue weighted by Crippen LogP contribution is 2.61. The molecule has 0 heterocycles. The van der Waals surface area contributed by atoms with Gasteiger partial charge in [-0.15, -0.1) is 15.3 Å². The van der Waals surface area contributed by atoms with E-state index in [1.165, 1.54) is 0 Å². The molecule has 0 atom stereocenters. The Labute approximate surface area is 156 Å². The first-order chi connectivity index (χ1) is 10.1. The fraction of sp³-hybridized carbons (Fsp3) is 0.647. The summed E-state index contributed by atoms with van der Waals surface area (Å²) in [6.45, 7) is 23.8. The predicted molar refractivity (Wildman–Crippen MR) is 120 cm³/mol. The van der Waals surface area contributed by atoms with Gasteiger partial charge in [-0.25, -0.2) is 0 Å². The number of hydrogen-bond donors (Lipinski definition) is 0. The molecule has 0 aliphatic heterocycles. The third kappa shape index (κ3) is 3.81. The molecule has 0 saturated carbocycles. The Morgan fingerprint density at radius 2 is 1.13 bits per heavy atom. The SMILES string of the molecule is C[Si](C)(C)C([Si](C)(C)C)([Si](C)(C)Br)[Si](C)(C)Oc1ccccc1. The van der Waals surface area contributed by atoms with Crippen molar-refractivity contribution >= 4 is 46.5 Å². The monoisotopic (exact) mass is 446 g/mol. The minimum absolute atomic E-state index is 0.413. The normalized spacial score (nSPS) is 14.7. The molecule has 23 heavy (non-hydrogen) atoms. The summed E-state index contributed by atoms with van der Waals surface area (Å²) >= 11 is 4.29. The molecule has 132 valence electrons. The first-order valence-corrected chi connectivity index (χ1v) is 23.7. The highest BCUT2D eigenvalue weighted by atomic mass is 79.9. The Bertz CT molecular complexity index is 488. The molecular weight excluding hydrogens is 412 g/mol. The van der Waals surface area contributed by atoms with Crippen molar-refractivity contribution in [2.75, 3.05) is 0 Å². The van der Waals surface area contributed by atoms with Gasteiger partial charge in [0.05, 0.1) is 0 Å². The van der Waals surface area contributed by atoms with Gasteiger partial charge in [0.25, 0.3) is 0 Å². The first-order valence-electron chi connectivity index (χ1n) is 8.51. The standard InChI is InChI=1S/C17H35BrOSi4/c1-20(2,3)17(21(4,5)6,22(7,8)18)23(9,10)19-16-14-12-11-13-15-16/h11-15H,1-10H3. The molecule has 0 radical (unpaired) electrons. The lowest BCUT2D eigenvalue weighted by atomic mass is 10.3. The lowest BCUT2D eigenvalue weighted by Crippen LogP contribution is -2.76. The number of para-hydroxylation sites is 1. The summed E-state index contributed by atoms with van der Waals surface area (Å²) in [7, 11) is -4.96. The van der Waals surface area contributed by atoms with E-state index in [9.17, 15) is 0 Å². The second-order valence-corrected chi connectivity index (χ2v) is 36.8. The molecule has 1 aromatic rings. The Morgan fingerprint density at radius 1 is 0.739 bits per heavy atom. The van der Waals surface area contributed by atoms with Gasteiger partial charge >= 0.3 is 0 Å². The zero-order valence-electron chi connectivity index (χ0n) is 16.7. The second-order valence-electron chi connectivity index (χ2n) is 9.65. The number of benzene rings is 1. The van der Waals surface area contributed by atoms with Crippen molar-refractivity contribution in [1.29, 1.82) is 0 Å². The van der Waals surface area contributed by atoms with Crippen molar-refractivity contribution in [2.45, 2.75) is 69.4 Å². The van der Waals surface area contributed by atoms with Crippen molar-refractivity contribution in [3.63, 3.8) is 0 Å². The van der Waals surface area contributed by atoms with Crippen LogP contribution in [0.4, 0.5) is 0 Å². The van der Waals surface area contributed by atoms with E-state index in [2.05, 4.69) is 111 Å². The van der Waals surface area contributed by atoms with Crippen LogP contribution in [0, 0.1) is 0 Å². The van der Waals surface area contributed by atoms with Crippen LogP contribution in [0.15, 0.2) is 30.3 Å². The quantitative estimate of drug-likeness (QED) is 0.340. The van der Waals surface area contributed by atoms with E-state index in [0.29, 0.717) is 3.91 Å². The van der Waals surface area contributed by atoms with Crippen LogP contribution < -0.4 is 4.43 Å². The molecule has 0 spiro atoms. The van der Waals surface area contributed by atoms with Gasteiger partial charge < -0.3 is 4.43 Å². The molecule has 1 rings (SSSR count). The molecule has 0 N–H and O–H groups in total. The van der Waals surface area contributed by atoms with Crippen LogP contribution in [0.25, 0.3) is 0 Å². The fourth-order valence-corrected chi connectivity index (χ4v) is 66.1. The smallest absolute Gasteiger partial charge is 0.244 e. The number of halogens is 1. The topological polar surface area (TPSA) is 9.23 Å². The van der Waals surface area contributed by atoms with Crippen LogP contribution in [-0.2, 0) is 0 Å². The van der Waals surface area contributed by atoms with Gasteiger partial charge in [0.15, 0.2) is 0 Å². The summed E-state index contributed by atoms with van der Waals surface area (Å²) < 4.78 is 7.27. The van der Waals surface area contributed by atoms with E-state index >= 15 is 0 Å². The Kier molecular flexibility index (Phi) is 6.13. The van der Waals surface area contributed by atoms with Gasteiger partial charge in [-0.2, -0.15) is 0 Å². The van der Waals surface area contributed by atoms with Crippen molar-refractivity contribution in [2.24, 2.45) is 0 Å². The summed E-state index contributed by atoms with van der Waals surface area (Å²) in [5.41, 5.74) is 0. The molecule has 0 amide bonds. The molecule has 1 nitrogen and oxygen atoms in total. The van der Waals surface area contributed by atoms with E-state index in [1.807, 2.05) is 0 Å². The second kappa shape index (κ2) is 6.59. The summed E-state index contributed by atoms with van der Waals surface area (Å²) in [5, 5.41) is 0. The Balaban J connectivity index is 3.62. The van der Waals surface area contributed by atoms with Crippen LogP contribution in [0.3, 0.4) is 0 Å². The van der Waals surface area contributed by atoms with Crippen LogP contribution in [0.2, 0.25) is 69.4 Å². The van der Waals surface area contributed by atoms with Gasteiger partial charge in [0.1, 0.15) is 12.4 Å². The molecule has 0 saturated heterocycles. The third-order valence-corrected chi connectivity index (χ3v) is 43.6. The maximum atomic E-state index is 6.86. The molecular formula is C17H35BrOSi4. The fourth-order valence-electron chi connectivity index (χ4n) is 6.29. The van der Waals surface area contributed by atoms with E-state index in [0.717, 1.165) is 5.75 Å².